The summed E-state index contributed by atoms with van der Waals surface area (Å²) in [6.45, 7) is 6.90. The molecule has 0 bridgehead atoms. The molecule has 7 nitrogen and oxygen atoms in total. The number of ether oxygens (including phenoxy) is 3. The summed E-state index contributed by atoms with van der Waals surface area (Å²) in [5.41, 5.74) is 0.360. The van der Waals surface area contributed by atoms with Gasteiger partial charge in [0.15, 0.2) is 11.5 Å². The number of hydrogen-bond acceptors (Lipinski definition) is 6. The Bertz CT molecular complexity index is 724. The minimum atomic E-state index is -0.593. The highest BCUT2D eigenvalue weighted by molar-refractivity contribution is 5.75. The van der Waals surface area contributed by atoms with Crippen molar-refractivity contribution >= 4 is 18.1 Å². The van der Waals surface area contributed by atoms with Crippen LogP contribution in [-0.4, -0.2) is 61.8 Å². The molecule has 1 saturated heterocycles. The Morgan fingerprint density at radius 2 is 1.86 bits per heavy atom. The van der Waals surface area contributed by atoms with Crippen LogP contribution >= 0.6 is 0 Å². The maximum Gasteiger partial charge on any atom is 0.411 e. The van der Waals surface area contributed by atoms with E-state index >= 15 is 0 Å². The molecule has 1 heterocycles. The predicted molar refractivity (Wildman–Crippen MR) is 111 cm³/mol. The van der Waals surface area contributed by atoms with Gasteiger partial charge >= 0.3 is 6.09 Å². The lowest BCUT2D eigenvalue weighted by Crippen LogP contribution is -2.57. The lowest BCUT2D eigenvalue weighted by molar-refractivity contribution is -0.112. The molecule has 0 aromatic heterocycles. The van der Waals surface area contributed by atoms with Gasteiger partial charge in [-0.05, 0) is 58.6 Å². The molecule has 0 spiro atoms. The maximum atomic E-state index is 12.4. The number of hydrogen-bond donors (Lipinski definition) is 0. The number of anilines is 1. The van der Waals surface area contributed by atoms with E-state index in [-0.39, 0.29) is 6.10 Å². The van der Waals surface area contributed by atoms with Gasteiger partial charge in [-0.3, -0.25) is 4.90 Å². The molecule has 1 saturated carbocycles. The van der Waals surface area contributed by atoms with Crippen LogP contribution in [0.4, 0.5) is 10.5 Å². The SMILES string of the molecule is COc1ccc(N2CCN(C(=O)OC(C)(C)C)[C@@H](C=O)C2)cc1OC1CCCC1. The number of aldehydes is 1. The summed E-state index contributed by atoms with van der Waals surface area (Å²) in [6.07, 6.45) is 5.11. The van der Waals surface area contributed by atoms with E-state index in [1.165, 1.54) is 17.7 Å². The molecular weight excluding hydrogens is 372 g/mol. The van der Waals surface area contributed by atoms with E-state index in [1.807, 2.05) is 39.0 Å². The molecule has 0 N–H and O–H groups in total. The summed E-state index contributed by atoms with van der Waals surface area (Å²) in [7, 11) is 1.64. The zero-order valence-electron chi connectivity index (χ0n) is 17.8. The molecule has 1 aliphatic carbocycles. The first-order valence-corrected chi connectivity index (χ1v) is 10.4. The monoisotopic (exact) mass is 404 g/mol. The number of benzene rings is 1. The van der Waals surface area contributed by atoms with Crippen molar-refractivity contribution in [3.05, 3.63) is 18.2 Å². The minimum Gasteiger partial charge on any atom is -0.493 e. The summed E-state index contributed by atoms with van der Waals surface area (Å²) in [5, 5.41) is 0. The Balaban J connectivity index is 1.72. The molecular formula is C22H32N2O5. The highest BCUT2D eigenvalue weighted by atomic mass is 16.6. The number of amides is 1. The lowest BCUT2D eigenvalue weighted by Gasteiger charge is -2.40. The fourth-order valence-electron chi connectivity index (χ4n) is 3.85. The second kappa shape index (κ2) is 8.93. The van der Waals surface area contributed by atoms with Crippen molar-refractivity contribution in [2.45, 2.75) is 64.2 Å². The van der Waals surface area contributed by atoms with Gasteiger partial charge in [0.1, 0.15) is 17.9 Å². The summed E-state index contributed by atoms with van der Waals surface area (Å²) in [6, 6.07) is 5.28. The molecule has 1 amide bonds. The standard InChI is InChI=1S/C22H32N2O5/c1-22(2,3)29-21(26)24-12-11-23(14-17(24)15-25)16-9-10-19(27-4)20(13-16)28-18-7-5-6-8-18/h9-10,13,15,17-18H,5-8,11-12,14H2,1-4H3/t17-/m1/s1. The van der Waals surface area contributed by atoms with E-state index in [0.29, 0.717) is 25.4 Å². The van der Waals surface area contributed by atoms with E-state index in [1.54, 1.807) is 7.11 Å². The first kappa shape index (κ1) is 21.3. The smallest absolute Gasteiger partial charge is 0.411 e. The van der Waals surface area contributed by atoms with Gasteiger partial charge in [0.2, 0.25) is 0 Å². The lowest BCUT2D eigenvalue weighted by atomic mass is 10.1. The average Bonchev–Trinajstić information content (AvgIpc) is 3.19. The number of rotatable bonds is 5. The molecule has 1 aromatic carbocycles. The molecule has 160 valence electrons. The van der Waals surface area contributed by atoms with Crippen molar-refractivity contribution in [2.75, 3.05) is 31.6 Å². The zero-order valence-corrected chi connectivity index (χ0v) is 17.8. The van der Waals surface area contributed by atoms with Crippen LogP contribution in [0.5, 0.6) is 11.5 Å². The third kappa shape index (κ3) is 5.34. The van der Waals surface area contributed by atoms with Gasteiger partial charge in [-0.2, -0.15) is 0 Å². The highest BCUT2D eigenvalue weighted by Gasteiger charge is 2.33. The van der Waals surface area contributed by atoms with Crippen LogP contribution in [0.3, 0.4) is 0 Å². The quantitative estimate of drug-likeness (QED) is 0.698. The Labute approximate surface area is 172 Å². The van der Waals surface area contributed by atoms with E-state index < -0.39 is 17.7 Å². The Morgan fingerprint density at radius 1 is 1.14 bits per heavy atom. The minimum absolute atomic E-state index is 0.228. The highest BCUT2D eigenvalue weighted by Crippen LogP contribution is 2.35. The van der Waals surface area contributed by atoms with Gasteiger partial charge < -0.3 is 23.9 Å². The second-order valence-corrected chi connectivity index (χ2v) is 8.68. The molecule has 1 aliphatic heterocycles. The fourth-order valence-corrected chi connectivity index (χ4v) is 3.85. The van der Waals surface area contributed by atoms with Crippen LogP contribution in [0.25, 0.3) is 0 Å². The fraction of sp³-hybridized carbons (Fsp3) is 0.636. The van der Waals surface area contributed by atoms with Crippen molar-refractivity contribution < 1.29 is 23.8 Å². The normalized spacial score (nSPS) is 20.5. The number of carbonyl (C=O) groups is 2. The van der Waals surface area contributed by atoms with E-state index in [4.69, 9.17) is 14.2 Å². The van der Waals surface area contributed by atoms with Crippen LogP contribution in [0, 0.1) is 0 Å². The maximum absolute atomic E-state index is 12.4. The Hall–Kier alpha value is -2.44. The second-order valence-electron chi connectivity index (χ2n) is 8.68. The molecule has 1 atom stereocenters. The molecule has 7 heteroatoms. The van der Waals surface area contributed by atoms with E-state index in [9.17, 15) is 9.59 Å². The van der Waals surface area contributed by atoms with Crippen LogP contribution in [0.1, 0.15) is 46.5 Å². The molecule has 0 radical (unpaired) electrons. The Kier molecular flexibility index (Phi) is 6.55. The molecule has 29 heavy (non-hydrogen) atoms. The van der Waals surface area contributed by atoms with Crippen molar-refractivity contribution in [2.24, 2.45) is 0 Å². The molecule has 2 aliphatic rings. The van der Waals surface area contributed by atoms with E-state index in [0.717, 1.165) is 30.6 Å². The van der Waals surface area contributed by atoms with Crippen LogP contribution in [0.15, 0.2) is 18.2 Å². The van der Waals surface area contributed by atoms with Gasteiger partial charge in [-0.1, -0.05) is 0 Å². The largest absolute Gasteiger partial charge is 0.493 e. The van der Waals surface area contributed by atoms with Crippen molar-refractivity contribution in [3.8, 4) is 11.5 Å². The summed E-state index contributed by atoms with van der Waals surface area (Å²) in [4.78, 5) is 27.7. The predicted octanol–water partition coefficient (Wildman–Crippen LogP) is 3.64. The zero-order chi connectivity index (χ0) is 21.0. The number of nitrogens with zero attached hydrogens (tertiary/aromatic N) is 2. The molecule has 3 rings (SSSR count). The average molecular weight is 405 g/mol. The van der Waals surface area contributed by atoms with E-state index in [2.05, 4.69) is 4.90 Å². The molecule has 1 aromatic rings. The summed E-state index contributed by atoms with van der Waals surface area (Å²) >= 11 is 0. The van der Waals surface area contributed by atoms with Crippen molar-refractivity contribution in [1.29, 1.82) is 0 Å². The van der Waals surface area contributed by atoms with Crippen LogP contribution in [0.2, 0.25) is 0 Å². The third-order valence-electron chi connectivity index (χ3n) is 5.31. The molecule has 2 fully saturated rings. The third-order valence-corrected chi connectivity index (χ3v) is 5.31. The van der Waals surface area contributed by atoms with Crippen molar-refractivity contribution in [3.63, 3.8) is 0 Å². The first-order valence-electron chi connectivity index (χ1n) is 10.4. The van der Waals surface area contributed by atoms with Gasteiger partial charge in [0.05, 0.1) is 13.2 Å². The molecule has 0 unspecified atom stereocenters. The first-order chi connectivity index (χ1) is 13.8. The van der Waals surface area contributed by atoms with Crippen LogP contribution in [-0.2, 0) is 9.53 Å². The number of piperazine rings is 1. The Morgan fingerprint density at radius 3 is 2.48 bits per heavy atom. The number of carbonyl (C=O) groups excluding carboxylic acids is 2. The topological polar surface area (TPSA) is 68.3 Å². The van der Waals surface area contributed by atoms with Gasteiger partial charge in [-0.15, -0.1) is 0 Å². The van der Waals surface area contributed by atoms with Gasteiger partial charge in [0, 0.05) is 31.4 Å². The van der Waals surface area contributed by atoms with Crippen LogP contribution < -0.4 is 14.4 Å². The summed E-state index contributed by atoms with van der Waals surface area (Å²) < 4.78 is 17.1. The van der Waals surface area contributed by atoms with Gasteiger partial charge in [0.25, 0.3) is 0 Å². The van der Waals surface area contributed by atoms with Crippen molar-refractivity contribution in [1.82, 2.24) is 4.90 Å². The summed E-state index contributed by atoms with van der Waals surface area (Å²) in [5.74, 6) is 1.44. The number of methoxy groups -OCH3 is 1. The van der Waals surface area contributed by atoms with Gasteiger partial charge in [-0.25, -0.2) is 4.79 Å².